The largest absolute Gasteiger partial charge is 0.454 e. The third-order valence-corrected chi connectivity index (χ3v) is 3.54. The number of nitro benzene ring substituents is 1. The lowest BCUT2D eigenvalue weighted by Gasteiger charge is -2.05. The van der Waals surface area contributed by atoms with E-state index < -0.39 is 4.92 Å². The molecule has 1 N–H and O–H groups in total. The first-order valence-corrected chi connectivity index (χ1v) is 7.17. The number of hydrogen-bond acceptors (Lipinski definition) is 5. The molecule has 0 bridgehead atoms. The maximum Gasteiger partial charge on any atom is 0.280 e. The van der Waals surface area contributed by atoms with Gasteiger partial charge < -0.3 is 14.8 Å². The smallest absolute Gasteiger partial charge is 0.280 e. The lowest BCUT2D eigenvalue weighted by Crippen LogP contribution is -2.08. The van der Waals surface area contributed by atoms with Gasteiger partial charge >= 0.3 is 0 Å². The van der Waals surface area contributed by atoms with Crippen molar-refractivity contribution >= 4 is 23.4 Å². The molecule has 1 amide bonds. The normalized spacial score (nSPS) is 12.4. The molecule has 24 heavy (non-hydrogen) atoms. The quantitative estimate of drug-likeness (QED) is 0.529. The van der Waals surface area contributed by atoms with E-state index in [1.807, 2.05) is 25.1 Å². The molecule has 0 saturated heterocycles. The topological polar surface area (TPSA) is 90.7 Å². The van der Waals surface area contributed by atoms with E-state index >= 15 is 0 Å². The molecule has 0 radical (unpaired) electrons. The first-order valence-electron chi connectivity index (χ1n) is 7.17. The molecule has 7 heteroatoms. The summed E-state index contributed by atoms with van der Waals surface area (Å²) in [4.78, 5) is 22.7. The Kier molecular flexibility index (Phi) is 4.15. The fraction of sp³-hybridized carbons (Fsp3) is 0.118. The van der Waals surface area contributed by atoms with Crippen LogP contribution in [-0.2, 0) is 4.79 Å². The van der Waals surface area contributed by atoms with Gasteiger partial charge in [0.25, 0.3) is 5.69 Å². The lowest BCUT2D eigenvalue weighted by molar-refractivity contribution is -0.385. The number of aryl methyl sites for hydroxylation is 1. The average Bonchev–Trinajstić information content (AvgIpc) is 3.01. The van der Waals surface area contributed by atoms with Gasteiger partial charge in [0.2, 0.25) is 12.7 Å². The van der Waals surface area contributed by atoms with Gasteiger partial charge in [0.05, 0.1) is 16.6 Å². The SMILES string of the molecule is Cc1ccccc1NC(=O)/C=C/c1cc2c(cc1[N+](=O)[O-])OCO2. The van der Waals surface area contributed by atoms with Gasteiger partial charge in [-0.3, -0.25) is 14.9 Å². The van der Waals surface area contributed by atoms with Crippen LogP contribution >= 0.6 is 0 Å². The second-order valence-electron chi connectivity index (χ2n) is 5.16. The number of nitrogens with one attached hydrogen (secondary N) is 1. The number of fused-ring (bicyclic) bond motifs is 1. The summed E-state index contributed by atoms with van der Waals surface area (Å²) < 4.78 is 10.3. The third kappa shape index (κ3) is 3.19. The maximum absolute atomic E-state index is 12.0. The predicted molar refractivity (Wildman–Crippen MR) is 88.1 cm³/mol. The number of carbonyl (C=O) groups excluding carboxylic acids is 1. The molecular weight excluding hydrogens is 312 g/mol. The van der Waals surface area contributed by atoms with Crippen molar-refractivity contribution in [2.75, 3.05) is 12.1 Å². The highest BCUT2D eigenvalue weighted by atomic mass is 16.7. The van der Waals surface area contributed by atoms with E-state index in [1.54, 1.807) is 6.07 Å². The summed E-state index contributed by atoms with van der Waals surface area (Å²) in [5, 5.41) is 13.9. The van der Waals surface area contributed by atoms with Crippen molar-refractivity contribution in [3.63, 3.8) is 0 Å². The number of nitro groups is 1. The molecule has 1 heterocycles. The fourth-order valence-corrected chi connectivity index (χ4v) is 2.29. The maximum atomic E-state index is 12.0. The van der Waals surface area contributed by atoms with Crippen LogP contribution in [0.5, 0.6) is 11.5 Å². The van der Waals surface area contributed by atoms with Crippen LogP contribution in [0.2, 0.25) is 0 Å². The minimum atomic E-state index is -0.527. The Morgan fingerprint density at radius 3 is 2.67 bits per heavy atom. The monoisotopic (exact) mass is 326 g/mol. The van der Waals surface area contributed by atoms with Gasteiger partial charge in [0.1, 0.15) is 0 Å². The van der Waals surface area contributed by atoms with Crippen molar-refractivity contribution in [2.45, 2.75) is 6.92 Å². The lowest BCUT2D eigenvalue weighted by atomic mass is 10.1. The summed E-state index contributed by atoms with van der Waals surface area (Å²) in [6, 6.07) is 10.1. The van der Waals surface area contributed by atoms with Gasteiger partial charge in [-0.1, -0.05) is 18.2 Å². The zero-order valence-electron chi connectivity index (χ0n) is 12.8. The molecule has 7 nitrogen and oxygen atoms in total. The first-order chi connectivity index (χ1) is 11.5. The fourth-order valence-electron chi connectivity index (χ4n) is 2.29. The standard InChI is InChI=1S/C17H14N2O5/c1-11-4-2-3-5-13(11)18-17(20)7-6-12-8-15-16(24-10-23-15)9-14(12)19(21)22/h2-9H,10H2,1H3,(H,18,20)/b7-6+. The number of ether oxygens (including phenoxy) is 2. The molecular formula is C17H14N2O5. The Labute approximate surface area is 137 Å². The number of nitrogens with zero attached hydrogens (tertiary/aromatic N) is 1. The van der Waals surface area contributed by atoms with Crippen molar-refractivity contribution in [1.82, 2.24) is 0 Å². The summed E-state index contributed by atoms with van der Waals surface area (Å²) in [5.41, 5.74) is 1.73. The Morgan fingerprint density at radius 2 is 1.96 bits per heavy atom. The van der Waals surface area contributed by atoms with Gasteiger partial charge in [-0.25, -0.2) is 0 Å². The Hall–Kier alpha value is -3.35. The highest BCUT2D eigenvalue weighted by molar-refractivity contribution is 6.02. The molecule has 0 saturated carbocycles. The Balaban J connectivity index is 1.82. The predicted octanol–water partition coefficient (Wildman–Crippen LogP) is 3.28. The summed E-state index contributed by atoms with van der Waals surface area (Å²) in [6.07, 6.45) is 2.63. The van der Waals surface area contributed by atoms with Crippen LogP contribution in [0, 0.1) is 17.0 Å². The number of hydrogen-bond donors (Lipinski definition) is 1. The van der Waals surface area contributed by atoms with E-state index in [0.29, 0.717) is 17.2 Å². The molecule has 2 aromatic carbocycles. The average molecular weight is 326 g/mol. The van der Waals surface area contributed by atoms with Gasteiger partial charge in [-0.05, 0) is 30.7 Å². The van der Waals surface area contributed by atoms with Crippen molar-refractivity contribution in [2.24, 2.45) is 0 Å². The number of para-hydroxylation sites is 1. The minimum Gasteiger partial charge on any atom is -0.454 e. The minimum absolute atomic E-state index is 0.0213. The molecule has 0 unspecified atom stereocenters. The van der Waals surface area contributed by atoms with Crippen LogP contribution in [0.1, 0.15) is 11.1 Å². The highest BCUT2D eigenvalue weighted by Crippen LogP contribution is 2.38. The third-order valence-electron chi connectivity index (χ3n) is 3.54. The number of benzene rings is 2. The van der Waals surface area contributed by atoms with E-state index in [-0.39, 0.29) is 24.0 Å². The zero-order chi connectivity index (χ0) is 17.1. The molecule has 1 aliphatic heterocycles. The second kappa shape index (κ2) is 6.41. The van der Waals surface area contributed by atoms with E-state index in [0.717, 1.165) is 5.56 Å². The number of rotatable bonds is 4. The van der Waals surface area contributed by atoms with Crippen LogP contribution in [-0.4, -0.2) is 17.6 Å². The van der Waals surface area contributed by atoms with Crippen LogP contribution in [0.15, 0.2) is 42.5 Å². The highest BCUT2D eigenvalue weighted by Gasteiger charge is 2.22. The molecule has 0 spiro atoms. The first kappa shape index (κ1) is 15.5. The molecule has 0 atom stereocenters. The molecule has 1 aliphatic rings. The summed E-state index contributed by atoms with van der Waals surface area (Å²) in [7, 11) is 0. The molecule has 0 aromatic heterocycles. The molecule has 0 aliphatic carbocycles. The molecule has 122 valence electrons. The number of amides is 1. The van der Waals surface area contributed by atoms with Gasteiger partial charge in [0, 0.05) is 11.8 Å². The van der Waals surface area contributed by atoms with E-state index in [4.69, 9.17) is 9.47 Å². The van der Waals surface area contributed by atoms with Crippen molar-refractivity contribution < 1.29 is 19.2 Å². The Morgan fingerprint density at radius 1 is 1.25 bits per heavy atom. The molecule has 2 aromatic rings. The summed E-state index contributed by atoms with van der Waals surface area (Å²) in [5.74, 6) is 0.360. The van der Waals surface area contributed by atoms with Crippen LogP contribution in [0.3, 0.4) is 0 Å². The summed E-state index contributed by atoms with van der Waals surface area (Å²) >= 11 is 0. The van der Waals surface area contributed by atoms with Crippen molar-refractivity contribution in [3.05, 3.63) is 63.7 Å². The van der Waals surface area contributed by atoms with Crippen LogP contribution in [0.4, 0.5) is 11.4 Å². The van der Waals surface area contributed by atoms with Crippen LogP contribution in [0.25, 0.3) is 6.08 Å². The van der Waals surface area contributed by atoms with Crippen molar-refractivity contribution in [3.8, 4) is 11.5 Å². The zero-order valence-corrected chi connectivity index (χ0v) is 12.8. The van der Waals surface area contributed by atoms with E-state index in [9.17, 15) is 14.9 Å². The number of carbonyl (C=O) groups is 1. The summed E-state index contributed by atoms with van der Waals surface area (Å²) in [6.45, 7) is 1.90. The van der Waals surface area contributed by atoms with E-state index in [1.165, 1.54) is 24.3 Å². The van der Waals surface area contributed by atoms with Crippen molar-refractivity contribution in [1.29, 1.82) is 0 Å². The Bertz CT molecular complexity index is 845. The van der Waals surface area contributed by atoms with Gasteiger partial charge in [-0.15, -0.1) is 0 Å². The van der Waals surface area contributed by atoms with E-state index in [2.05, 4.69) is 5.32 Å². The molecule has 0 fully saturated rings. The second-order valence-corrected chi connectivity index (χ2v) is 5.16. The van der Waals surface area contributed by atoms with Gasteiger partial charge in [-0.2, -0.15) is 0 Å². The van der Waals surface area contributed by atoms with Crippen LogP contribution < -0.4 is 14.8 Å². The van der Waals surface area contributed by atoms with Gasteiger partial charge in [0.15, 0.2) is 11.5 Å². The molecule has 3 rings (SSSR count). The number of anilines is 1.